The maximum Gasteiger partial charge on any atom is 0.307 e. The summed E-state index contributed by atoms with van der Waals surface area (Å²) in [5.41, 5.74) is 1.86. The normalized spacial score (nSPS) is 19.0. The highest BCUT2D eigenvalue weighted by Crippen LogP contribution is 2.20. The van der Waals surface area contributed by atoms with Crippen LogP contribution in [0.1, 0.15) is 24.8 Å². The monoisotopic (exact) mass is 390 g/mol. The number of allylic oxidation sites excluding steroid dienone is 3. The Labute approximate surface area is 160 Å². The number of benzene rings is 1. The van der Waals surface area contributed by atoms with Crippen LogP contribution in [0.15, 0.2) is 53.0 Å². The first-order valence-electron chi connectivity index (χ1n) is 9.34. The summed E-state index contributed by atoms with van der Waals surface area (Å²) in [6.45, 7) is 3.29. The van der Waals surface area contributed by atoms with Crippen molar-refractivity contribution in [3.05, 3.63) is 53.6 Å². The lowest BCUT2D eigenvalue weighted by Crippen LogP contribution is -2.48. The number of nitrogens with zero attached hydrogens (tertiary/aromatic N) is 2. The zero-order valence-electron chi connectivity index (χ0n) is 15.4. The van der Waals surface area contributed by atoms with Gasteiger partial charge in [-0.25, -0.2) is 8.42 Å². The van der Waals surface area contributed by atoms with Gasteiger partial charge in [-0.3, -0.25) is 4.79 Å². The second kappa shape index (κ2) is 8.82. The van der Waals surface area contributed by atoms with Gasteiger partial charge in [0.25, 0.3) is 0 Å². The molecule has 1 aromatic rings. The summed E-state index contributed by atoms with van der Waals surface area (Å²) in [4.78, 5) is 13.3. The number of piperazine rings is 1. The van der Waals surface area contributed by atoms with Crippen LogP contribution in [0.4, 0.5) is 0 Å². The van der Waals surface area contributed by atoms with Gasteiger partial charge in [-0.1, -0.05) is 35.9 Å². The minimum atomic E-state index is -3.59. The molecule has 0 atom stereocenters. The molecule has 1 aliphatic carbocycles. The molecule has 0 amide bonds. The van der Waals surface area contributed by atoms with Crippen LogP contribution in [0.5, 0.6) is 0 Å². The molecule has 1 saturated heterocycles. The maximum absolute atomic E-state index is 12.9. The molecule has 1 aromatic carbocycles. The Morgan fingerprint density at radius 1 is 1.11 bits per heavy atom. The van der Waals surface area contributed by atoms with Crippen LogP contribution < -0.4 is 0 Å². The molecular weight excluding hydrogens is 364 g/mol. The summed E-state index contributed by atoms with van der Waals surface area (Å²) in [5, 5.41) is 8.91. The maximum atomic E-state index is 12.9. The number of carboxylic acids is 1. The SMILES string of the molecule is O=C(O)Cc1cccc(S(=O)(=O)N2CCN(CCC3=CCCC=C3)CC2)c1. The van der Waals surface area contributed by atoms with Gasteiger partial charge in [-0.2, -0.15) is 4.31 Å². The van der Waals surface area contributed by atoms with E-state index in [-0.39, 0.29) is 11.3 Å². The second-order valence-electron chi connectivity index (χ2n) is 6.97. The van der Waals surface area contributed by atoms with Gasteiger partial charge in [-0.05, 0) is 37.0 Å². The highest BCUT2D eigenvalue weighted by atomic mass is 32.2. The molecule has 0 unspecified atom stereocenters. The van der Waals surface area contributed by atoms with Crippen LogP contribution in [0.3, 0.4) is 0 Å². The fraction of sp³-hybridized carbons (Fsp3) is 0.450. The number of carbonyl (C=O) groups is 1. The van der Waals surface area contributed by atoms with E-state index < -0.39 is 16.0 Å². The molecule has 0 saturated carbocycles. The summed E-state index contributed by atoms with van der Waals surface area (Å²) < 4.78 is 27.3. The summed E-state index contributed by atoms with van der Waals surface area (Å²) in [6, 6.07) is 6.25. The molecule has 2 aliphatic rings. The van der Waals surface area contributed by atoms with E-state index >= 15 is 0 Å². The minimum absolute atomic E-state index is 0.173. The quantitative estimate of drug-likeness (QED) is 0.773. The van der Waals surface area contributed by atoms with E-state index in [9.17, 15) is 13.2 Å². The zero-order chi connectivity index (χ0) is 19.3. The first-order valence-corrected chi connectivity index (χ1v) is 10.8. The number of carboxylic acid groups (broad SMARTS) is 1. The van der Waals surface area contributed by atoms with E-state index in [4.69, 9.17) is 5.11 Å². The Morgan fingerprint density at radius 3 is 2.56 bits per heavy atom. The smallest absolute Gasteiger partial charge is 0.307 e. The van der Waals surface area contributed by atoms with Gasteiger partial charge in [0.1, 0.15) is 0 Å². The molecule has 3 rings (SSSR count). The molecule has 1 aliphatic heterocycles. The third-order valence-corrected chi connectivity index (χ3v) is 6.91. The first kappa shape index (κ1) is 19.8. The van der Waals surface area contributed by atoms with Crippen LogP contribution in [-0.2, 0) is 21.2 Å². The Hall–Kier alpha value is -1.96. The highest BCUT2D eigenvalue weighted by molar-refractivity contribution is 7.89. The predicted molar refractivity (Wildman–Crippen MR) is 104 cm³/mol. The molecule has 27 heavy (non-hydrogen) atoms. The highest BCUT2D eigenvalue weighted by Gasteiger charge is 2.28. The molecule has 1 N–H and O–H groups in total. The lowest BCUT2D eigenvalue weighted by atomic mass is 10.0. The van der Waals surface area contributed by atoms with Crippen LogP contribution in [-0.4, -0.2) is 61.4 Å². The third-order valence-electron chi connectivity index (χ3n) is 5.01. The van der Waals surface area contributed by atoms with Crippen molar-refractivity contribution in [3.63, 3.8) is 0 Å². The Morgan fingerprint density at radius 2 is 1.89 bits per heavy atom. The Bertz CT molecular complexity index is 837. The molecule has 0 radical (unpaired) electrons. The van der Waals surface area contributed by atoms with Crippen molar-refractivity contribution in [2.24, 2.45) is 0 Å². The van der Waals surface area contributed by atoms with Gasteiger partial charge in [0.05, 0.1) is 11.3 Å². The van der Waals surface area contributed by atoms with E-state index in [0.29, 0.717) is 31.7 Å². The van der Waals surface area contributed by atoms with Crippen molar-refractivity contribution in [1.82, 2.24) is 9.21 Å². The summed E-state index contributed by atoms with van der Waals surface area (Å²) in [7, 11) is -3.59. The molecule has 7 heteroatoms. The van der Waals surface area contributed by atoms with E-state index in [1.807, 2.05) is 0 Å². The summed E-state index contributed by atoms with van der Waals surface area (Å²) in [6.07, 6.45) is 9.73. The lowest BCUT2D eigenvalue weighted by molar-refractivity contribution is -0.136. The topological polar surface area (TPSA) is 77.9 Å². The van der Waals surface area contributed by atoms with Gasteiger partial charge < -0.3 is 10.0 Å². The number of aliphatic carboxylic acids is 1. The van der Waals surface area contributed by atoms with E-state index in [1.54, 1.807) is 12.1 Å². The van der Waals surface area contributed by atoms with Gasteiger partial charge in [0.15, 0.2) is 0 Å². The average molecular weight is 391 g/mol. The fourth-order valence-corrected chi connectivity index (χ4v) is 4.97. The molecule has 1 heterocycles. The molecular formula is C20H26N2O4S. The zero-order valence-corrected chi connectivity index (χ0v) is 16.2. The first-order chi connectivity index (χ1) is 12.9. The van der Waals surface area contributed by atoms with Crippen molar-refractivity contribution >= 4 is 16.0 Å². The van der Waals surface area contributed by atoms with Crippen molar-refractivity contribution in [2.75, 3.05) is 32.7 Å². The van der Waals surface area contributed by atoms with Crippen LogP contribution >= 0.6 is 0 Å². The molecule has 1 fully saturated rings. The molecule has 0 spiro atoms. The summed E-state index contributed by atoms with van der Waals surface area (Å²) in [5.74, 6) is -0.971. The van der Waals surface area contributed by atoms with Gasteiger partial charge in [-0.15, -0.1) is 0 Å². The van der Waals surface area contributed by atoms with Gasteiger partial charge >= 0.3 is 5.97 Å². The van der Waals surface area contributed by atoms with Gasteiger partial charge in [0, 0.05) is 32.7 Å². The Kier molecular flexibility index (Phi) is 6.46. The largest absolute Gasteiger partial charge is 0.481 e. The van der Waals surface area contributed by atoms with Crippen LogP contribution in [0.2, 0.25) is 0 Å². The van der Waals surface area contributed by atoms with E-state index in [1.165, 1.54) is 22.0 Å². The van der Waals surface area contributed by atoms with Crippen molar-refractivity contribution in [3.8, 4) is 0 Å². The van der Waals surface area contributed by atoms with Crippen LogP contribution in [0, 0.1) is 0 Å². The van der Waals surface area contributed by atoms with Crippen molar-refractivity contribution < 1.29 is 18.3 Å². The average Bonchev–Trinajstić information content (AvgIpc) is 2.67. The second-order valence-corrected chi connectivity index (χ2v) is 8.91. The van der Waals surface area contributed by atoms with E-state index in [0.717, 1.165) is 25.8 Å². The number of hydrogen-bond acceptors (Lipinski definition) is 4. The summed E-state index contributed by atoms with van der Waals surface area (Å²) >= 11 is 0. The number of rotatable bonds is 7. The van der Waals surface area contributed by atoms with Crippen LogP contribution in [0.25, 0.3) is 0 Å². The van der Waals surface area contributed by atoms with Crippen molar-refractivity contribution in [1.29, 1.82) is 0 Å². The fourth-order valence-electron chi connectivity index (χ4n) is 3.47. The predicted octanol–water partition coefficient (Wildman–Crippen LogP) is 2.29. The van der Waals surface area contributed by atoms with Crippen molar-refractivity contribution in [2.45, 2.75) is 30.6 Å². The number of sulfonamides is 1. The third kappa shape index (κ3) is 5.28. The minimum Gasteiger partial charge on any atom is -0.481 e. The number of hydrogen-bond donors (Lipinski definition) is 1. The lowest BCUT2D eigenvalue weighted by Gasteiger charge is -2.34. The molecule has 146 valence electrons. The molecule has 0 aromatic heterocycles. The van der Waals surface area contributed by atoms with E-state index in [2.05, 4.69) is 23.1 Å². The Balaban J connectivity index is 1.57. The van der Waals surface area contributed by atoms with Gasteiger partial charge in [0.2, 0.25) is 10.0 Å². The molecule has 6 nitrogen and oxygen atoms in total. The standard InChI is InChI=1S/C20H26N2O4S/c23-20(24)16-18-7-4-8-19(15-18)27(25,26)22-13-11-21(12-14-22)10-9-17-5-2-1-3-6-17/h2,4-8,15H,1,3,9-14,16H2,(H,23,24). The molecule has 0 bridgehead atoms.